The molecule has 0 spiro atoms. The molecule has 1 aromatic heterocycles. The van der Waals surface area contributed by atoms with Gasteiger partial charge in [-0.25, -0.2) is 8.42 Å². The molecule has 3 aliphatic rings. The van der Waals surface area contributed by atoms with Gasteiger partial charge in [-0.3, -0.25) is 14.3 Å². The zero-order valence-electron chi connectivity index (χ0n) is 12.8. The lowest BCUT2D eigenvalue weighted by Gasteiger charge is -2.22. The molecule has 0 N–H and O–H groups in total. The molecule has 2 saturated heterocycles. The summed E-state index contributed by atoms with van der Waals surface area (Å²) >= 11 is 0. The van der Waals surface area contributed by atoms with Crippen LogP contribution in [0.15, 0.2) is 6.07 Å². The molecule has 4 rings (SSSR count). The Morgan fingerprint density at radius 2 is 2.09 bits per heavy atom. The highest BCUT2D eigenvalue weighted by Crippen LogP contribution is 2.34. The first-order chi connectivity index (χ1) is 10.9. The fourth-order valence-corrected chi connectivity index (χ4v) is 5.88. The number of likely N-dealkylation sites (tertiary alicyclic amines) is 1. The summed E-state index contributed by atoms with van der Waals surface area (Å²) in [5, 5.41) is 3.81. The molecule has 1 aromatic rings. The van der Waals surface area contributed by atoms with Gasteiger partial charge < -0.3 is 9.80 Å². The zero-order chi connectivity index (χ0) is 16.4. The van der Waals surface area contributed by atoms with Gasteiger partial charge in [-0.15, -0.1) is 0 Å². The summed E-state index contributed by atoms with van der Waals surface area (Å²) in [6.07, 6.45) is 0.625. The van der Waals surface area contributed by atoms with Gasteiger partial charge in [0.15, 0.2) is 15.5 Å². The van der Waals surface area contributed by atoms with Gasteiger partial charge in [-0.05, 0) is 12.3 Å². The predicted molar refractivity (Wildman–Crippen MR) is 80.8 cm³/mol. The Bertz CT molecular complexity index is 800. The van der Waals surface area contributed by atoms with E-state index in [1.54, 1.807) is 21.5 Å². The van der Waals surface area contributed by atoms with Crippen molar-refractivity contribution in [1.29, 1.82) is 0 Å². The number of nitrogens with zero attached hydrogens (tertiary/aromatic N) is 4. The van der Waals surface area contributed by atoms with Crippen molar-refractivity contribution < 1.29 is 18.0 Å². The van der Waals surface area contributed by atoms with Crippen LogP contribution >= 0.6 is 0 Å². The quantitative estimate of drug-likeness (QED) is 0.670. The molecule has 0 aromatic carbocycles. The van der Waals surface area contributed by atoms with Gasteiger partial charge in [-0.2, -0.15) is 5.10 Å². The van der Waals surface area contributed by atoms with E-state index in [4.69, 9.17) is 0 Å². The minimum atomic E-state index is -3.07. The van der Waals surface area contributed by atoms with Crippen LogP contribution in [0.3, 0.4) is 0 Å². The highest BCUT2D eigenvalue weighted by Gasteiger charge is 2.47. The number of fused-ring (bicyclic) bond motifs is 2. The van der Waals surface area contributed by atoms with Crippen LogP contribution in [0.2, 0.25) is 0 Å². The van der Waals surface area contributed by atoms with Gasteiger partial charge in [0.1, 0.15) is 5.69 Å². The van der Waals surface area contributed by atoms with Crippen LogP contribution in [-0.4, -0.2) is 77.5 Å². The third-order valence-electron chi connectivity index (χ3n) is 5.11. The zero-order valence-corrected chi connectivity index (χ0v) is 13.6. The molecule has 0 unspecified atom stereocenters. The summed E-state index contributed by atoms with van der Waals surface area (Å²) < 4.78 is 25.5. The fraction of sp³-hybridized carbons (Fsp3) is 0.643. The van der Waals surface area contributed by atoms with Crippen LogP contribution in [0.25, 0.3) is 0 Å². The van der Waals surface area contributed by atoms with E-state index < -0.39 is 15.1 Å². The van der Waals surface area contributed by atoms with Crippen LogP contribution in [0.5, 0.6) is 0 Å². The molecule has 0 saturated carbocycles. The number of sulfone groups is 1. The van der Waals surface area contributed by atoms with E-state index in [9.17, 15) is 18.0 Å². The lowest BCUT2D eigenvalue weighted by atomic mass is 10.1. The number of aromatic nitrogens is 2. The normalized spacial score (nSPS) is 28.8. The molecule has 8 nitrogen and oxygen atoms in total. The summed E-state index contributed by atoms with van der Waals surface area (Å²) in [4.78, 5) is 27.9. The van der Waals surface area contributed by atoms with Gasteiger partial charge in [0.25, 0.3) is 11.8 Å². The molecular weight excluding hydrogens is 320 g/mol. The molecule has 2 fully saturated rings. The highest BCUT2D eigenvalue weighted by atomic mass is 32.2. The van der Waals surface area contributed by atoms with Crippen molar-refractivity contribution in [2.24, 2.45) is 5.92 Å². The van der Waals surface area contributed by atoms with Gasteiger partial charge in [0.05, 0.1) is 17.5 Å². The molecule has 2 atom stereocenters. The first kappa shape index (κ1) is 14.7. The molecular formula is C14H18N4O4S. The number of carbonyl (C=O) groups excluding carboxylic acids is 2. The maximum atomic E-state index is 12.6. The van der Waals surface area contributed by atoms with Gasteiger partial charge in [0, 0.05) is 32.7 Å². The van der Waals surface area contributed by atoms with Crippen molar-refractivity contribution in [2.75, 3.05) is 32.4 Å². The first-order valence-electron chi connectivity index (χ1n) is 7.71. The van der Waals surface area contributed by atoms with Crippen LogP contribution in [0, 0.1) is 5.92 Å². The van der Waals surface area contributed by atoms with Crippen LogP contribution in [-0.2, 0) is 16.4 Å². The van der Waals surface area contributed by atoms with E-state index in [0.717, 1.165) is 0 Å². The molecule has 4 heterocycles. The van der Waals surface area contributed by atoms with Crippen molar-refractivity contribution in [3.8, 4) is 0 Å². The van der Waals surface area contributed by atoms with Crippen LogP contribution < -0.4 is 0 Å². The monoisotopic (exact) mass is 338 g/mol. The second kappa shape index (κ2) is 4.80. The Kier molecular flexibility index (Phi) is 3.06. The van der Waals surface area contributed by atoms with E-state index in [0.29, 0.717) is 31.7 Å². The summed E-state index contributed by atoms with van der Waals surface area (Å²) in [6.45, 7) is 1.82. The van der Waals surface area contributed by atoms with Crippen molar-refractivity contribution in [3.05, 3.63) is 17.5 Å². The van der Waals surface area contributed by atoms with Crippen molar-refractivity contribution in [1.82, 2.24) is 19.6 Å². The summed E-state index contributed by atoms with van der Waals surface area (Å²) in [7, 11) is -1.36. The third-order valence-corrected chi connectivity index (χ3v) is 7.38. The summed E-state index contributed by atoms with van der Waals surface area (Å²) in [5.41, 5.74) is 0.634. The average molecular weight is 338 g/mol. The van der Waals surface area contributed by atoms with E-state index in [1.807, 2.05) is 0 Å². The molecule has 9 heteroatoms. The van der Waals surface area contributed by atoms with Crippen LogP contribution in [0.4, 0.5) is 0 Å². The number of hydrogen-bond acceptors (Lipinski definition) is 5. The predicted octanol–water partition coefficient (Wildman–Crippen LogP) is -0.772. The van der Waals surface area contributed by atoms with Crippen molar-refractivity contribution in [3.63, 3.8) is 0 Å². The minimum absolute atomic E-state index is 0.0361. The second-order valence-corrected chi connectivity index (χ2v) is 8.87. The molecule has 124 valence electrons. The van der Waals surface area contributed by atoms with Crippen molar-refractivity contribution in [2.45, 2.75) is 18.2 Å². The number of likely N-dealkylation sites (N-methyl/N-ethyl adjacent to an activating group) is 1. The Hall–Kier alpha value is -1.90. The topological polar surface area (TPSA) is 92.6 Å². The maximum absolute atomic E-state index is 12.6. The third kappa shape index (κ3) is 2.17. The highest BCUT2D eigenvalue weighted by molar-refractivity contribution is 7.92. The average Bonchev–Trinajstić information content (AvgIpc) is 3.18. The summed E-state index contributed by atoms with van der Waals surface area (Å²) in [6, 6.07) is 1.52. The Morgan fingerprint density at radius 3 is 2.83 bits per heavy atom. The number of carbonyl (C=O) groups is 2. The van der Waals surface area contributed by atoms with E-state index in [-0.39, 0.29) is 35.7 Å². The Labute approximate surface area is 134 Å². The van der Waals surface area contributed by atoms with Crippen LogP contribution in [0.1, 0.15) is 27.4 Å². The second-order valence-electron chi connectivity index (χ2n) is 6.53. The molecule has 23 heavy (non-hydrogen) atoms. The molecule has 2 amide bonds. The SMILES string of the molecule is CN1CCn2nc(C(=O)N3C[C@@H]4CCS(=O)(=O)[C@@H]4C3)cc2C1=O. The van der Waals surface area contributed by atoms with E-state index >= 15 is 0 Å². The van der Waals surface area contributed by atoms with E-state index in [1.165, 1.54) is 6.07 Å². The standard InChI is InChI=1S/C14H18N4O4S/c1-16-3-4-18-11(14(16)20)6-10(15-18)13(19)17-7-9-2-5-23(21,22)12(9)8-17/h6,9,12H,2-5,7-8H2,1H3/t9-,12+/m0/s1. The van der Waals surface area contributed by atoms with Gasteiger partial charge >= 0.3 is 0 Å². The fourth-order valence-electron chi connectivity index (χ4n) is 3.73. The Balaban J connectivity index is 1.57. The Morgan fingerprint density at radius 1 is 1.30 bits per heavy atom. The van der Waals surface area contributed by atoms with Crippen molar-refractivity contribution >= 4 is 21.7 Å². The van der Waals surface area contributed by atoms with E-state index in [2.05, 4.69) is 5.10 Å². The first-order valence-corrected chi connectivity index (χ1v) is 9.42. The summed E-state index contributed by atoms with van der Waals surface area (Å²) in [5.74, 6) is -0.172. The lowest BCUT2D eigenvalue weighted by molar-refractivity contribution is 0.0738. The molecule has 0 aliphatic carbocycles. The number of amides is 2. The molecule has 3 aliphatic heterocycles. The minimum Gasteiger partial charge on any atom is -0.339 e. The van der Waals surface area contributed by atoms with Gasteiger partial charge in [0.2, 0.25) is 0 Å². The maximum Gasteiger partial charge on any atom is 0.274 e. The van der Waals surface area contributed by atoms with Gasteiger partial charge in [-0.1, -0.05) is 0 Å². The smallest absolute Gasteiger partial charge is 0.274 e. The number of hydrogen-bond donors (Lipinski definition) is 0. The molecule has 0 bridgehead atoms. The largest absolute Gasteiger partial charge is 0.339 e. The number of rotatable bonds is 1. The lowest BCUT2D eigenvalue weighted by Crippen LogP contribution is -2.37. The molecule has 0 radical (unpaired) electrons.